The van der Waals surface area contributed by atoms with Crippen LogP contribution in [0.1, 0.15) is 15.9 Å². The first-order chi connectivity index (χ1) is 14.9. The van der Waals surface area contributed by atoms with Gasteiger partial charge in [0.2, 0.25) is 0 Å². The minimum atomic E-state index is -4.56. The third-order valence-electron chi connectivity index (χ3n) is 4.15. The summed E-state index contributed by atoms with van der Waals surface area (Å²) in [6.07, 6.45) is -3.00. The van der Waals surface area contributed by atoms with Gasteiger partial charge in [0.25, 0.3) is 5.91 Å². The number of aromatic nitrogens is 3. The third kappa shape index (κ3) is 4.69. The van der Waals surface area contributed by atoms with E-state index < -0.39 is 17.6 Å². The highest BCUT2D eigenvalue weighted by Crippen LogP contribution is 2.38. The van der Waals surface area contributed by atoms with Crippen LogP contribution in [0, 0.1) is 0 Å². The fourth-order valence-electron chi connectivity index (χ4n) is 2.64. The van der Waals surface area contributed by atoms with Gasteiger partial charge in [-0.3, -0.25) is 9.78 Å². The van der Waals surface area contributed by atoms with E-state index in [0.717, 1.165) is 29.7 Å². The monoisotopic (exact) mass is 442 g/mol. The number of hydroxylamine groups is 1. The number of benzene rings is 2. The summed E-state index contributed by atoms with van der Waals surface area (Å²) in [5.41, 5.74) is 2.23. The van der Waals surface area contributed by atoms with Crippen LogP contribution in [0.15, 0.2) is 72.9 Å². The largest absolute Gasteiger partial charge is 0.416 e. The Hall–Kier alpha value is -3.79. The zero-order valence-electron chi connectivity index (χ0n) is 15.6. The van der Waals surface area contributed by atoms with E-state index in [9.17, 15) is 18.0 Å². The summed E-state index contributed by atoms with van der Waals surface area (Å²) >= 11 is 0.900. The summed E-state index contributed by atoms with van der Waals surface area (Å²) < 4.78 is 44.0. The molecule has 4 rings (SSSR count). The number of nitrogens with one attached hydrogen (secondary N) is 1. The van der Waals surface area contributed by atoms with Crippen molar-refractivity contribution >= 4 is 17.4 Å². The van der Waals surface area contributed by atoms with Gasteiger partial charge in [-0.1, -0.05) is 24.3 Å². The standard InChI is InChI=1S/C21H13F3N4O2S/c22-21(23,24)14-9-10-17(30-27-19(29)13-6-2-1-3-7-13)15(12-14)20-26-18(28-31-20)16-8-4-5-11-25-16/h1-12H,(H,27,29). The fraction of sp³-hybridized carbons (Fsp3) is 0.0476. The second-order valence-corrected chi connectivity index (χ2v) is 7.00. The number of nitrogens with zero attached hydrogens (tertiary/aromatic N) is 3. The molecule has 4 aromatic rings. The Kier molecular flexibility index (Phi) is 5.63. The maximum atomic E-state index is 13.3. The van der Waals surface area contributed by atoms with Gasteiger partial charge in [0.05, 0.1) is 11.1 Å². The first kappa shape index (κ1) is 20.5. The van der Waals surface area contributed by atoms with Crippen molar-refractivity contribution in [2.75, 3.05) is 0 Å². The molecule has 0 aliphatic carbocycles. The highest BCUT2D eigenvalue weighted by atomic mass is 32.1. The molecule has 0 saturated heterocycles. The minimum Gasteiger partial charge on any atom is -0.378 e. The summed E-state index contributed by atoms with van der Waals surface area (Å²) in [6, 6.07) is 16.3. The maximum absolute atomic E-state index is 13.3. The Balaban J connectivity index is 1.66. The van der Waals surface area contributed by atoms with Gasteiger partial charge >= 0.3 is 6.18 Å². The molecule has 2 heterocycles. The van der Waals surface area contributed by atoms with E-state index >= 15 is 0 Å². The van der Waals surface area contributed by atoms with Crippen LogP contribution in [-0.2, 0) is 6.18 Å². The fourth-order valence-corrected chi connectivity index (χ4v) is 3.34. The molecule has 0 bridgehead atoms. The highest BCUT2D eigenvalue weighted by molar-refractivity contribution is 7.09. The van der Waals surface area contributed by atoms with Gasteiger partial charge in [0.1, 0.15) is 10.7 Å². The van der Waals surface area contributed by atoms with Gasteiger partial charge in [0.15, 0.2) is 11.6 Å². The number of rotatable bonds is 5. The molecule has 1 N–H and O–H groups in total. The van der Waals surface area contributed by atoms with E-state index in [0.29, 0.717) is 11.3 Å². The number of alkyl halides is 3. The van der Waals surface area contributed by atoms with Crippen molar-refractivity contribution in [1.82, 2.24) is 19.8 Å². The van der Waals surface area contributed by atoms with Crippen LogP contribution in [0.3, 0.4) is 0 Å². The molecule has 6 nitrogen and oxygen atoms in total. The molecular weight excluding hydrogens is 429 g/mol. The number of amides is 1. The molecule has 31 heavy (non-hydrogen) atoms. The van der Waals surface area contributed by atoms with Crippen molar-refractivity contribution in [2.24, 2.45) is 0 Å². The molecule has 0 atom stereocenters. The number of pyridine rings is 1. The molecule has 0 spiro atoms. The molecule has 0 aliphatic rings. The predicted molar refractivity (Wildman–Crippen MR) is 108 cm³/mol. The first-order valence-electron chi connectivity index (χ1n) is 8.91. The lowest BCUT2D eigenvalue weighted by atomic mass is 10.1. The van der Waals surface area contributed by atoms with Crippen molar-refractivity contribution in [3.8, 4) is 27.8 Å². The normalized spacial score (nSPS) is 11.2. The van der Waals surface area contributed by atoms with Crippen LogP contribution >= 0.6 is 11.5 Å². The van der Waals surface area contributed by atoms with E-state index in [1.165, 1.54) is 0 Å². The Morgan fingerprint density at radius 3 is 2.48 bits per heavy atom. The van der Waals surface area contributed by atoms with E-state index in [1.54, 1.807) is 54.7 Å². The van der Waals surface area contributed by atoms with Crippen molar-refractivity contribution < 1.29 is 22.8 Å². The van der Waals surface area contributed by atoms with Crippen LogP contribution in [0.2, 0.25) is 0 Å². The van der Waals surface area contributed by atoms with Gasteiger partial charge < -0.3 is 4.84 Å². The van der Waals surface area contributed by atoms with Gasteiger partial charge in [-0.25, -0.2) is 4.98 Å². The maximum Gasteiger partial charge on any atom is 0.416 e. The SMILES string of the molecule is O=C(NOc1ccc(C(F)(F)F)cc1-c1nc(-c2ccccn2)ns1)c1ccccc1. The molecule has 0 unspecified atom stereocenters. The Labute approximate surface area is 178 Å². The topological polar surface area (TPSA) is 77.0 Å². The average Bonchev–Trinajstić information content (AvgIpc) is 3.28. The second kappa shape index (κ2) is 8.52. The van der Waals surface area contributed by atoms with E-state index in [-0.39, 0.29) is 22.1 Å². The Morgan fingerprint density at radius 1 is 1.00 bits per heavy atom. The average molecular weight is 442 g/mol. The van der Waals surface area contributed by atoms with E-state index in [1.807, 2.05) is 0 Å². The van der Waals surface area contributed by atoms with E-state index in [2.05, 4.69) is 19.8 Å². The van der Waals surface area contributed by atoms with Gasteiger partial charge in [-0.15, -0.1) is 0 Å². The summed E-state index contributed by atoms with van der Waals surface area (Å²) in [6.45, 7) is 0. The Bertz CT molecular complexity index is 1200. The lowest BCUT2D eigenvalue weighted by Crippen LogP contribution is -2.27. The number of hydrogen-bond donors (Lipinski definition) is 1. The van der Waals surface area contributed by atoms with Gasteiger partial charge in [-0.2, -0.15) is 23.0 Å². The smallest absolute Gasteiger partial charge is 0.378 e. The number of halogens is 3. The van der Waals surface area contributed by atoms with Gasteiger partial charge in [-0.05, 0) is 54.0 Å². The van der Waals surface area contributed by atoms with Crippen molar-refractivity contribution in [2.45, 2.75) is 6.18 Å². The third-order valence-corrected chi connectivity index (χ3v) is 4.90. The quantitative estimate of drug-likeness (QED) is 0.440. The summed E-state index contributed by atoms with van der Waals surface area (Å²) in [5.74, 6) is -0.267. The minimum absolute atomic E-state index is 0.000928. The lowest BCUT2D eigenvalue weighted by Gasteiger charge is -2.13. The molecular formula is C21H13F3N4O2S. The summed E-state index contributed by atoms with van der Waals surface area (Å²) in [4.78, 5) is 26.0. The zero-order chi connectivity index (χ0) is 21.8. The van der Waals surface area contributed by atoms with Gasteiger partial charge in [0, 0.05) is 11.8 Å². The number of carbonyl (C=O) groups is 1. The first-order valence-corrected chi connectivity index (χ1v) is 9.68. The number of hydrogen-bond acceptors (Lipinski definition) is 6. The lowest BCUT2D eigenvalue weighted by molar-refractivity contribution is -0.137. The van der Waals surface area contributed by atoms with E-state index in [4.69, 9.17) is 4.84 Å². The van der Waals surface area contributed by atoms with Crippen LogP contribution < -0.4 is 10.3 Å². The second-order valence-electron chi connectivity index (χ2n) is 6.25. The highest BCUT2D eigenvalue weighted by Gasteiger charge is 2.32. The summed E-state index contributed by atoms with van der Waals surface area (Å²) in [5, 5.41) is 0.190. The molecule has 2 aromatic heterocycles. The summed E-state index contributed by atoms with van der Waals surface area (Å²) in [7, 11) is 0. The van der Waals surface area contributed by atoms with Crippen molar-refractivity contribution in [3.63, 3.8) is 0 Å². The molecule has 0 fully saturated rings. The molecule has 156 valence electrons. The van der Waals surface area contributed by atoms with Crippen molar-refractivity contribution in [3.05, 3.63) is 84.1 Å². The molecule has 10 heteroatoms. The van der Waals surface area contributed by atoms with Crippen LogP contribution in [0.25, 0.3) is 22.1 Å². The molecule has 0 aliphatic heterocycles. The van der Waals surface area contributed by atoms with Crippen LogP contribution in [0.5, 0.6) is 5.75 Å². The van der Waals surface area contributed by atoms with Crippen LogP contribution in [-0.4, -0.2) is 20.2 Å². The van der Waals surface area contributed by atoms with Crippen LogP contribution in [0.4, 0.5) is 13.2 Å². The predicted octanol–water partition coefficient (Wildman–Crippen LogP) is 5.01. The number of carbonyl (C=O) groups excluding carboxylic acids is 1. The Morgan fingerprint density at radius 2 is 1.77 bits per heavy atom. The molecule has 2 aromatic carbocycles. The molecule has 0 saturated carbocycles. The molecule has 0 radical (unpaired) electrons. The molecule has 1 amide bonds. The van der Waals surface area contributed by atoms with Crippen molar-refractivity contribution in [1.29, 1.82) is 0 Å². The zero-order valence-corrected chi connectivity index (χ0v) is 16.4.